The minimum atomic E-state index is -4.31. The first-order valence-corrected chi connectivity index (χ1v) is 8.74. The van der Waals surface area contributed by atoms with E-state index in [-0.39, 0.29) is 6.10 Å². The molecule has 0 fully saturated rings. The van der Waals surface area contributed by atoms with Crippen molar-refractivity contribution in [3.05, 3.63) is 69.2 Å². The lowest BCUT2D eigenvalue weighted by Crippen LogP contribution is -2.84. The molecule has 0 radical (unpaired) electrons. The van der Waals surface area contributed by atoms with Gasteiger partial charge in [0.15, 0.2) is 6.10 Å². The van der Waals surface area contributed by atoms with Gasteiger partial charge in [0, 0.05) is 17.5 Å². The van der Waals surface area contributed by atoms with Crippen molar-refractivity contribution in [1.82, 2.24) is 0 Å². The van der Waals surface area contributed by atoms with E-state index in [2.05, 4.69) is 5.16 Å². The molecule has 0 amide bonds. The maximum absolute atomic E-state index is 12.5. The summed E-state index contributed by atoms with van der Waals surface area (Å²) in [7, 11) is 0. The molecule has 0 aliphatic carbocycles. The van der Waals surface area contributed by atoms with Crippen molar-refractivity contribution < 1.29 is 23.3 Å². The van der Waals surface area contributed by atoms with E-state index in [0.29, 0.717) is 29.6 Å². The Labute approximate surface area is 158 Å². The fourth-order valence-corrected chi connectivity index (χ4v) is 2.96. The molecule has 0 saturated heterocycles. The molecule has 3 nitrogen and oxygen atoms in total. The third-order valence-electron chi connectivity index (χ3n) is 4.08. The highest BCUT2D eigenvalue weighted by Gasteiger charge is 2.30. The van der Waals surface area contributed by atoms with Crippen LogP contribution in [0.25, 0.3) is 0 Å². The van der Waals surface area contributed by atoms with Crippen LogP contribution in [0.2, 0.25) is 10.0 Å². The Morgan fingerprint density at radius 3 is 2.46 bits per heavy atom. The summed E-state index contributed by atoms with van der Waals surface area (Å²) in [5.41, 5.74) is 1.85. The van der Waals surface area contributed by atoms with Gasteiger partial charge in [-0.25, -0.2) is 0 Å². The van der Waals surface area contributed by atoms with Gasteiger partial charge in [0.25, 0.3) is 0 Å². The first-order valence-electron chi connectivity index (χ1n) is 7.99. The number of hydrogen-bond donors (Lipinski definition) is 1. The molecule has 2 aromatic rings. The summed E-state index contributed by atoms with van der Waals surface area (Å²) in [5, 5.41) is 7.02. The minimum absolute atomic E-state index is 0.0890. The zero-order chi connectivity index (χ0) is 18.7. The van der Waals surface area contributed by atoms with Gasteiger partial charge < -0.3 is 10.2 Å². The molecule has 0 saturated carbocycles. The summed E-state index contributed by atoms with van der Waals surface area (Å²) in [5.74, 6) is 0. The molecule has 1 aliphatic rings. The largest absolute Gasteiger partial charge is 0.416 e. The van der Waals surface area contributed by atoms with E-state index < -0.39 is 11.7 Å². The maximum Gasteiger partial charge on any atom is 0.416 e. The lowest BCUT2D eigenvalue weighted by Gasteiger charge is -2.09. The minimum Gasteiger partial charge on any atom is -0.386 e. The maximum atomic E-state index is 12.5. The molecule has 2 N–H and O–H groups in total. The topological polar surface area (TPSA) is 38.2 Å². The average Bonchev–Trinajstić information content (AvgIpc) is 3.06. The number of hydrogen-bond acceptors (Lipinski definition) is 2. The van der Waals surface area contributed by atoms with Crippen molar-refractivity contribution >= 4 is 28.9 Å². The normalized spacial score (nSPS) is 17.1. The zero-order valence-corrected chi connectivity index (χ0v) is 15.1. The van der Waals surface area contributed by atoms with Crippen LogP contribution < -0.4 is 5.32 Å². The first-order chi connectivity index (χ1) is 12.3. The Morgan fingerprint density at radius 2 is 1.81 bits per heavy atom. The summed E-state index contributed by atoms with van der Waals surface area (Å²) in [4.78, 5) is 5.42. The second-order valence-corrected chi connectivity index (χ2v) is 6.84. The summed E-state index contributed by atoms with van der Waals surface area (Å²) in [6, 6.07) is 10.5. The molecule has 1 heterocycles. The fraction of sp³-hybridized carbons (Fsp3) is 0.278. The SMILES string of the molecule is FC(F)(F)c1ccc(C[NH2+]C[C@@H]2CC(c3ccc(Cl)c(Cl)c3)=NO2)cc1. The number of benzene rings is 2. The van der Waals surface area contributed by atoms with Crippen LogP contribution in [0.4, 0.5) is 13.2 Å². The molecule has 1 atom stereocenters. The molecule has 26 heavy (non-hydrogen) atoms. The number of nitrogens with two attached hydrogens (primary N) is 1. The van der Waals surface area contributed by atoms with Crippen LogP contribution in [-0.4, -0.2) is 18.4 Å². The molecule has 2 aromatic carbocycles. The monoisotopic (exact) mass is 403 g/mol. The van der Waals surface area contributed by atoms with Crippen molar-refractivity contribution in [2.75, 3.05) is 6.54 Å². The number of halogens is 5. The second kappa shape index (κ2) is 7.86. The third kappa shape index (κ3) is 4.69. The van der Waals surface area contributed by atoms with Crippen LogP contribution in [-0.2, 0) is 17.6 Å². The van der Waals surface area contributed by atoms with Gasteiger partial charge in [-0.1, -0.05) is 46.6 Å². The molecule has 0 bridgehead atoms. The first kappa shape index (κ1) is 19.0. The highest BCUT2D eigenvalue weighted by atomic mass is 35.5. The van der Waals surface area contributed by atoms with Gasteiger partial charge in [-0.15, -0.1) is 0 Å². The van der Waals surface area contributed by atoms with Gasteiger partial charge in [-0.3, -0.25) is 0 Å². The van der Waals surface area contributed by atoms with Crippen LogP contribution in [0, 0.1) is 0 Å². The standard InChI is InChI=1S/C18H15Cl2F3N2O/c19-15-6-3-12(7-16(15)20)17-8-14(26-25-17)10-24-9-11-1-4-13(5-2-11)18(21,22)23/h1-7,14,24H,8-10H2/p+1/t14-/m0/s1. The number of rotatable bonds is 5. The number of oxime groups is 1. The van der Waals surface area contributed by atoms with Gasteiger partial charge in [0.2, 0.25) is 0 Å². The number of nitrogens with zero attached hydrogens (tertiary/aromatic N) is 1. The Bertz CT molecular complexity index is 807. The fourth-order valence-electron chi connectivity index (χ4n) is 2.67. The summed E-state index contributed by atoms with van der Waals surface area (Å²) in [6.07, 6.45) is -3.76. The Hall–Kier alpha value is -1.76. The van der Waals surface area contributed by atoms with E-state index in [4.69, 9.17) is 28.0 Å². The van der Waals surface area contributed by atoms with Crippen LogP contribution in [0.5, 0.6) is 0 Å². The lowest BCUT2D eigenvalue weighted by molar-refractivity contribution is -0.676. The zero-order valence-electron chi connectivity index (χ0n) is 13.6. The average molecular weight is 404 g/mol. The van der Waals surface area contributed by atoms with Crippen LogP contribution >= 0.6 is 23.2 Å². The van der Waals surface area contributed by atoms with Crippen molar-refractivity contribution in [2.24, 2.45) is 5.16 Å². The lowest BCUT2D eigenvalue weighted by atomic mass is 10.0. The van der Waals surface area contributed by atoms with Gasteiger partial charge in [0.1, 0.15) is 13.1 Å². The van der Waals surface area contributed by atoms with Crippen molar-refractivity contribution in [1.29, 1.82) is 0 Å². The van der Waals surface area contributed by atoms with Crippen LogP contribution in [0.1, 0.15) is 23.1 Å². The third-order valence-corrected chi connectivity index (χ3v) is 4.82. The van der Waals surface area contributed by atoms with Crippen LogP contribution in [0.3, 0.4) is 0 Å². The Morgan fingerprint density at radius 1 is 1.08 bits per heavy atom. The van der Waals surface area contributed by atoms with Crippen molar-refractivity contribution in [3.8, 4) is 0 Å². The summed E-state index contributed by atoms with van der Waals surface area (Å²) < 4.78 is 37.6. The van der Waals surface area contributed by atoms with E-state index in [1.54, 1.807) is 12.1 Å². The Balaban J connectivity index is 1.47. The molecule has 0 spiro atoms. The molecule has 8 heteroatoms. The van der Waals surface area contributed by atoms with Gasteiger partial charge in [-0.2, -0.15) is 13.2 Å². The smallest absolute Gasteiger partial charge is 0.386 e. The van der Waals surface area contributed by atoms with Gasteiger partial charge >= 0.3 is 6.18 Å². The van der Waals surface area contributed by atoms with E-state index in [0.717, 1.165) is 29.0 Å². The molecule has 138 valence electrons. The summed E-state index contributed by atoms with van der Waals surface area (Å²) >= 11 is 11.9. The van der Waals surface area contributed by atoms with E-state index >= 15 is 0 Å². The predicted octanol–water partition coefficient (Wildman–Crippen LogP) is 4.27. The molecule has 0 aromatic heterocycles. The summed E-state index contributed by atoms with van der Waals surface area (Å²) in [6.45, 7) is 1.22. The highest BCUT2D eigenvalue weighted by Crippen LogP contribution is 2.29. The predicted molar refractivity (Wildman–Crippen MR) is 94.4 cm³/mol. The van der Waals surface area contributed by atoms with Crippen molar-refractivity contribution in [2.45, 2.75) is 25.2 Å². The van der Waals surface area contributed by atoms with E-state index in [1.165, 1.54) is 12.1 Å². The molecule has 3 rings (SSSR count). The number of quaternary nitrogens is 1. The van der Waals surface area contributed by atoms with E-state index in [9.17, 15) is 13.2 Å². The van der Waals surface area contributed by atoms with Gasteiger partial charge in [0.05, 0.1) is 21.3 Å². The molecule has 1 aliphatic heterocycles. The van der Waals surface area contributed by atoms with E-state index in [1.807, 2.05) is 11.4 Å². The second-order valence-electron chi connectivity index (χ2n) is 6.02. The molecular weight excluding hydrogens is 388 g/mol. The van der Waals surface area contributed by atoms with Gasteiger partial charge in [-0.05, 0) is 24.3 Å². The van der Waals surface area contributed by atoms with Crippen molar-refractivity contribution in [3.63, 3.8) is 0 Å². The molecular formula is C18H16Cl2F3N2O+. The number of alkyl halides is 3. The highest BCUT2D eigenvalue weighted by molar-refractivity contribution is 6.42. The Kier molecular flexibility index (Phi) is 5.75. The van der Waals surface area contributed by atoms with Crippen LogP contribution in [0.15, 0.2) is 47.6 Å². The molecule has 0 unspecified atom stereocenters. The quantitative estimate of drug-likeness (QED) is 0.795.